The van der Waals surface area contributed by atoms with E-state index in [4.69, 9.17) is 4.99 Å². The third kappa shape index (κ3) is 3.10. The summed E-state index contributed by atoms with van der Waals surface area (Å²) in [5.41, 5.74) is 3.16. The van der Waals surface area contributed by atoms with Crippen LogP contribution in [0.25, 0.3) is 5.69 Å². The summed E-state index contributed by atoms with van der Waals surface area (Å²) in [6.45, 7) is 2.22. The maximum Gasteiger partial charge on any atom is 0.335 e. The number of carbonyl (C=O) groups is 1. The number of hydrogen-bond acceptors (Lipinski definition) is 5. The molecule has 0 radical (unpaired) electrons. The molecule has 0 spiro atoms. The molecule has 0 bridgehead atoms. The molecule has 2 aliphatic heterocycles. The largest absolute Gasteiger partial charge is 0.478 e. The maximum absolute atomic E-state index is 11.5. The second-order valence-electron chi connectivity index (χ2n) is 7.49. The van der Waals surface area contributed by atoms with Gasteiger partial charge in [-0.1, -0.05) is 30.8 Å². The molecule has 3 atom stereocenters. The van der Waals surface area contributed by atoms with E-state index in [-0.39, 0.29) is 17.6 Å². The van der Waals surface area contributed by atoms with Gasteiger partial charge in [0, 0.05) is 35.6 Å². The number of carboxylic acids is 1. The molecule has 1 saturated heterocycles. The topological polar surface area (TPSA) is 70.7 Å². The molecule has 1 aromatic carbocycles. The van der Waals surface area contributed by atoms with Gasteiger partial charge in [-0.2, -0.15) is 0 Å². The second kappa shape index (κ2) is 7.65. The summed E-state index contributed by atoms with van der Waals surface area (Å²) in [6, 6.07) is 17.5. The van der Waals surface area contributed by atoms with E-state index in [1.165, 1.54) is 0 Å². The Morgan fingerprint density at radius 2 is 2.10 bits per heavy atom. The molecule has 152 valence electrons. The highest BCUT2D eigenvalue weighted by atomic mass is 32.2. The van der Waals surface area contributed by atoms with Crippen LogP contribution in [0.5, 0.6) is 0 Å². The summed E-state index contributed by atoms with van der Waals surface area (Å²) in [5, 5.41) is 10.5. The van der Waals surface area contributed by atoms with Crippen molar-refractivity contribution in [2.75, 3.05) is 5.75 Å². The van der Waals surface area contributed by atoms with Crippen LogP contribution < -0.4 is 0 Å². The molecule has 0 unspecified atom stereocenters. The summed E-state index contributed by atoms with van der Waals surface area (Å²) < 4.78 is 2.08. The first-order valence-electron chi connectivity index (χ1n) is 10.1. The maximum atomic E-state index is 11.5. The van der Waals surface area contributed by atoms with Crippen molar-refractivity contribution in [3.8, 4) is 5.69 Å². The Labute approximate surface area is 179 Å². The minimum Gasteiger partial charge on any atom is -0.478 e. The zero-order chi connectivity index (χ0) is 20.7. The predicted molar refractivity (Wildman–Crippen MR) is 118 cm³/mol. The molecule has 1 N–H and O–H groups in total. The smallest absolute Gasteiger partial charge is 0.335 e. The highest BCUT2D eigenvalue weighted by Crippen LogP contribution is 2.48. The number of thioether (sulfide) groups is 1. The molecule has 0 amide bonds. The molecule has 3 aromatic rings. The van der Waals surface area contributed by atoms with Gasteiger partial charge in [0.15, 0.2) is 5.17 Å². The predicted octanol–water partition coefficient (Wildman–Crippen LogP) is 4.55. The van der Waals surface area contributed by atoms with Gasteiger partial charge < -0.3 is 14.6 Å². The van der Waals surface area contributed by atoms with Crippen molar-refractivity contribution in [2.24, 2.45) is 4.99 Å². The molecule has 2 aromatic heterocycles. The fourth-order valence-corrected chi connectivity index (χ4v) is 5.67. The molecule has 2 aliphatic rings. The molecule has 0 aliphatic carbocycles. The zero-order valence-corrected chi connectivity index (χ0v) is 17.4. The first kappa shape index (κ1) is 18.9. The lowest BCUT2D eigenvalue weighted by Gasteiger charge is -2.32. The van der Waals surface area contributed by atoms with Crippen LogP contribution >= 0.6 is 11.8 Å². The lowest BCUT2D eigenvalue weighted by Crippen LogP contribution is -2.36. The van der Waals surface area contributed by atoms with Gasteiger partial charge in [0.05, 0.1) is 11.3 Å². The van der Waals surface area contributed by atoms with Gasteiger partial charge in [0.25, 0.3) is 0 Å². The van der Waals surface area contributed by atoms with Crippen LogP contribution in [0.3, 0.4) is 0 Å². The number of benzene rings is 1. The summed E-state index contributed by atoms with van der Waals surface area (Å²) in [4.78, 5) is 23.6. The highest BCUT2D eigenvalue weighted by Gasteiger charge is 2.46. The van der Waals surface area contributed by atoms with Crippen molar-refractivity contribution >= 4 is 22.9 Å². The third-order valence-electron chi connectivity index (χ3n) is 5.78. The van der Waals surface area contributed by atoms with E-state index < -0.39 is 5.97 Å². The Kier molecular flexibility index (Phi) is 4.83. The van der Waals surface area contributed by atoms with Crippen LogP contribution in [0.15, 0.2) is 72.0 Å². The number of amidine groups is 1. The fraction of sp³-hybridized carbons (Fsp3) is 0.261. The normalized spacial score (nSPS) is 22.8. The number of rotatable bonds is 5. The SMILES string of the molecule is CC[C@@H]1CSC2=N[C@@H](c3ccccn3)[C@H](c3cccn3-c3cccc(C(=O)O)c3)N21. The van der Waals surface area contributed by atoms with Crippen molar-refractivity contribution in [2.45, 2.75) is 31.5 Å². The number of aromatic nitrogens is 2. The highest BCUT2D eigenvalue weighted by molar-refractivity contribution is 8.14. The number of carboxylic acid groups (broad SMARTS) is 1. The number of nitrogens with zero attached hydrogens (tertiary/aromatic N) is 4. The number of aliphatic imine (C=N–C) groups is 1. The van der Waals surface area contributed by atoms with Gasteiger partial charge in [0.2, 0.25) is 0 Å². The van der Waals surface area contributed by atoms with Crippen LogP contribution in [-0.4, -0.2) is 42.5 Å². The summed E-state index contributed by atoms with van der Waals surface area (Å²) in [5.74, 6) is 0.112. The van der Waals surface area contributed by atoms with E-state index in [1.807, 2.05) is 54.5 Å². The first-order valence-corrected chi connectivity index (χ1v) is 11.1. The lowest BCUT2D eigenvalue weighted by molar-refractivity contribution is 0.0697. The van der Waals surface area contributed by atoms with E-state index in [9.17, 15) is 9.90 Å². The Bertz CT molecular complexity index is 1110. The van der Waals surface area contributed by atoms with E-state index in [2.05, 4.69) is 27.4 Å². The van der Waals surface area contributed by atoms with Crippen molar-refractivity contribution in [3.05, 3.63) is 83.9 Å². The molecule has 5 rings (SSSR count). The van der Waals surface area contributed by atoms with Gasteiger partial charge in [-0.3, -0.25) is 9.98 Å². The second-order valence-corrected chi connectivity index (χ2v) is 8.48. The number of pyridine rings is 1. The monoisotopic (exact) mass is 418 g/mol. The average Bonchev–Trinajstić information content (AvgIpc) is 3.49. The minimum atomic E-state index is -0.926. The van der Waals surface area contributed by atoms with Gasteiger partial charge in [-0.25, -0.2) is 4.79 Å². The average molecular weight is 419 g/mol. The van der Waals surface area contributed by atoms with E-state index >= 15 is 0 Å². The first-order chi connectivity index (χ1) is 14.7. The lowest BCUT2D eigenvalue weighted by atomic mass is 9.99. The van der Waals surface area contributed by atoms with E-state index in [1.54, 1.807) is 18.2 Å². The molecular weight excluding hydrogens is 396 g/mol. The van der Waals surface area contributed by atoms with Crippen LogP contribution in [0.2, 0.25) is 0 Å². The van der Waals surface area contributed by atoms with Gasteiger partial charge in [0.1, 0.15) is 12.1 Å². The van der Waals surface area contributed by atoms with Gasteiger partial charge in [-0.05, 0) is 48.9 Å². The third-order valence-corrected chi connectivity index (χ3v) is 6.91. The fourth-order valence-electron chi connectivity index (χ4n) is 4.33. The number of aromatic carboxylic acids is 1. The molecule has 4 heterocycles. The molecule has 6 nitrogen and oxygen atoms in total. The summed E-state index contributed by atoms with van der Waals surface area (Å²) >= 11 is 1.81. The van der Waals surface area contributed by atoms with Crippen LogP contribution in [0.1, 0.15) is 47.2 Å². The molecular formula is C23H22N4O2S. The van der Waals surface area contributed by atoms with Crippen molar-refractivity contribution in [1.82, 2.24) is 14.5 Å². The minimum absolute atomic E-state index is 0.0123. The molecule has 30 heavy (non-hydrogen) atoms. The van der Waals surface area contributed by atoms with Crippen molar-refractivity contribution in [1.29, 1.82) is 0 Å². The Hall–Kier alpha value is -3.06. The Morgan fingerprint density at radius 3 is 2.87 bits per heavy atom. The molecule has 0 saturated carbocycles. The zero-order valence-electron chi connectivity index (χ0n) is 16.5. The van der Waals surface area contributed by atoms with Crippen LogP contribution in [0, 0.1) is 0 Å². The van der Waals surface area contributed by atoms with E-state index in [0.29, 0.717) is 6.04 Å². The number of fused-ring (bicyclic) bond motifs is 1. The van der Waals surface area contributed by atoms with Crippen molar-refractivity contribution < 1.29 is 9.90 Å². The Balaban J connectivity index is 1.62. The Morgan fingerprint density at radius 1 is 1.20 bits per heavy atom. The van der Waals surface area contributed by atoms with Crippen LogP contribution in [0.4, 0.5) is 0 Å². The standard InChI is InChI=1S/C23H22N4O2S/c1-2-16-14-30-23-25-20(18-9-3-4-11-24-18)21(27(16)23)19-10-6-12-26(19)17-8-5-7-15(13-17)22(28)29/h3-13,16,20-21H,2,14H2,1H3,(H,28,29)/t16-,20+,21+/m1/s1. The van der Waals surface area contributed by atoms with E-state index in [0.717, 1.165) is 34.4 Å². The molecule has 1 fully saturated rings. The van der Waals surface area contributed by atoms with Crippen LogP contribution in [-0.2, 0) is 0 Å². The van der Waals surface area contributed by atoms with Crippen molar-refractivity contribution in [3.63, 3.8) is 0 Å². The molecule has 7 heteroatoms. The number of hydrogen-bond donors (Lipinski definition) is 1. The quantitative estimate of drug-likeness (QED) is 0.658. The summed E-state index contributed by atoms with van der Waals surface area (Å²) in [6.07, 6.45) is 4.86. The van der Waals surface area contributed by atoms with Gasteiger partial charge in [-0.15, -0.1) is 0 Å². The van der Waals surface area contributed by atoms with Gasteiger partial charge >= 0.3 is 5.97 Å². The summed E-state index contributed by atoms with van der Waals surface area (Å²) in [7, 11) is 0.